The molecule has 3 aromatic carbocycles. The molecule has 6 aromatic rings. The van der Waals surface area contributed by atoms with Crippen LogP contribution < -0.4 is 13.4 Å². The average molecular weight is 605 g/mol. The Hall–Kier alpha value is -5.22. The van der Waals surface area contributed by atoms with Gasteiger partial charge >= 0.3 is 118 Å². The molecule has 5 heterocycles. The van der Waals surface area contributed by atoms with Crippen LogP contribution in [0.4, 0.5) is 0 Å². The van der Waals surface area contributed by atoms with Crippen molar-refractivity contribution in [3.05, 3.63) is 162 Å². The summed E-state index contributed by atoms with van der Waals surface area (Å²) >= 11 is 0.0662. The summed E-state index contributed by atoms with van der Waals surface area (Å²) in [5.41, 5.74) is 7.86. The molecule has 4 nitrogen and oxygen atoms in total. The van der Waals surface area contributed by atoms with E-state index in [0.29, 0.717) is 0 Å². The summed E-state index contributed by atoms with van der Waals surface area (Å²) in [4.78, 5) is 16.0. The van der Waals surface area contributed by atoms with E-state index in [2.05, 4.69) is 135 Å². The Kier molecular flexibility index (Phi) is 7.65. The van der Waals surface area contributed by atoms with Crippen molar-refractivity contribution in [1.82, 2.24) is 19.9 Å². The first kappa shape index (κ1) is 26.7. The molecular weight excluding hydrogens is 576 g/mol. The van der Waals surface area contributed by atoms with Crippen LogP contribution in [0.15, 0.2) is 140 Å². The van der Waals surface area contributed by atoms with Crippen molar-refractivity contribution in [2.24, 2.45) is 0 Å². The number of benzene rings is 3. The molecule has 0 amide bonds. The Bertz CT molecular complexity index is 1810. The van der Waals surface area contributed by atoms with Crippen molar-refractivity contribution in [3.8, 4) is 0 Å². The van der Waals surface area contributed by atoms with E-state index in [1.54, 1.807) is 0 Å². The number of hydrogen-bond donors (Lipinski definition) is 2. The normalized spacial score (nSPS) is 12.0. The minimum atomic E-state index is 0.0662. The predicted molar refractivity (Wildman–Crippen MR) is 177 cm³/mol. The van der Waals surface area contributed by atoms with Gasteiger partial charge in [-0.2, -0.15) is 0 Å². The summed E-state index contributed by atoms with van der Waals surface area (Å²) in [5.74, 6) is 0. The molecule has 212 valence electrons. The van der Waals surface area contributed by atoms with Gasteiger partial charge in [0.1, 0.15) is 0 Å². The molecule has 0 spiro atoms. The third-order valence-corrected chi connectivity index (χ3v) is 9.26. The van der Waals surface area contributed by atoms with Crippen LogP contribution in [0.5, 0.6) is 0 Å². The number of aromatic nitrogens is 4. The molecule has 0 aliphatic carbocycles. The van der Waals surface area contributed by atoms with Gasteiger partial charge in [-0.3, -0.25) is 0 Å². The van der Waals surface area contributed by atoms with E-state index >= 15 is 0 Å². The zero-order chi connectivity index (χ0) is 28.8. The molecule has 8 rings (SSSR count). The molecule has 2 aliphatic rings. The summed E-state index contributed by atoms with van der Waals surface area (Å²) in [7, 11) is 0. The summed E-state index contributed by atoms with van der Waals surface area (Å²) < 4.78 is 4.06. The Labute approximate surface area is 255 Å². The molecule has 0 fully saturated rings. The van der Waals surface area contributed by atoms with E-state index in [1.165, 1.54) is 13.4 Å². The topological polar surface area (TPSA) is 57.4 Å². The molecule has 0 unspecified atom stereocenters. The number of nitrogens with one attached hydrogen (secondary N) is 2. The van der Waals surface area contributed by atoms with Gasteiger partial charge in [-0.25, -0.2) is 9.97 Å². The van der Waals surface area contributed by atoms with Gasteiger partial charge in [-0.1, -0.05) is 0 Å². The molecule has 0 saturated carbocycles. The second kappa shape index (κ2) is 12.3. The van der Waals surface area contributed by atoms with Gasteiger partial charge in [0.15, 0.2) is 0 Å². The Morgan fingerprint density at radius 3 is 0.907 bits per heavy atom. The van der Waals surface area contributed by atoms with Crippen LogP contribution in [0.2, 0.25) is 0 Å². The van der Waals surface area contributed by atoms with E-state index in [1.807, 2.05) is 48.6 Å². The zero-order valence-electron chi connectivity index (χ0n) is 23.3. The second-order valence-electron chi connectivity index (χ2n) is 9.89. The van der Waals surface area contributed by atoms with Crippen molar-refractivity contribution < 1.29 is 13.9 Å². The van der Waals surface area contributed by atoms with E-state index in [4.69, 9.17) is 0 Å². The number of hydrogen-bond acceptors (Lipinski definition) is 2. The van der Waals surface area contributed by atoms with Crippen molar-refractivity contribution in [1.29, 1.82) is 0 Å². The van der Waals surface area contributed by atoms with Gasteiger partial charge in [-0.05, 0) is 72.8 Å². The maximum atomic E-state index is 4.63. The first-order valence-electron chi connectivity index (χ1n) is 14.0. The van der Waals surface area contributed by atoms with Crippen molar-refractivity contribution in [2.45, 2.75) is 0 Å². The molecule has 3 aromatic heterocycles. The van der Waals surface area contributed by atoms with Crippen LogP contribution in [0.3, 0.4) is 0 Å². The maximum absolute atomic E-state index is 4.63. The number of rotatable bonds is 3. The fourth-order valence-corrected chi connectivity index (χ4v) is 7.17. The third kappa shape index (κ3) is 6.49. The predicted octanol–water partition coefficient (Wildman–Crippen LogP) is 7.24. The first-order chi connectivity index (χ1) is 21.2. The van der Waals surface area contributed by atoms with Gasteiger partial charge < -0.3 is 9.97 Å². The standard InChI is InChI=1S/C20H14N4.3C6H5.Cu/c1-2-14-10-16-5-6-18(23-16)12-20-8-7-19(24-20)11-17-4-3-15(22-17)9-13(1)21-14;3*1-2-4-6-5-3-1;/h1-12,21,24H;3*1-5H;. The van der Waals surface area contributed by atoms with Crippen molar-refractivity contribution in [2.75, 3.05) is 0 Å². The molecule has 2 aliphatic heterocycles. The molecule has 2 N–H and O–H groups in total. The average Bonchev–Trinajstić information content (AvgIpc) is 3.86. The fourth-order valence-electron chi connectivity index (χ4n) is 4.75. The second-order valence-corrected chi connectivity index (χ2v) is 12.2. The third-order valence-electron chi connectivity index (χ3n) is 6.69. The first-order valence-corrected chi connectivity index (χ1v) is 15.4. The van der Waals surface area contributed by atoms with Crippen LogP contribution in [-0.4, -0.2) is 19.9 Å². The Morgan fingerprint density at radius 2 is 0.628 bits per heavy atom. The molecule has 43 heavy (non-hydrogen) atoms. The van der Waals surface area contributed by atoms with Crippen LogP contribution in [0.25, 0.3) is 46.4 Å². The van der Waals surface area contributed by atoms with Crippen LogP contribution in [0, 0.1) is 0 Å². The quantitative estimate of drug-likeness (QED) is 0.209. The summed E-state index contributed by atoms with van der Waals surface area (Å²) in [6.07, 6.45) is 8.09. The molecule has 8 bridgehead atoms. The van der Waals surface area contributed by atoms with Gasteiger partial charge in [-0.15, -0.1) is 0 Å². The minimum absolute atomic E-state index is 0.0662. The van der Waals surface area contributed by atoms with Gasteiger partial charge in [0, 0.05) is 22.1 Å². The number of nitrogens with zero attached hydrogens (tertiary/aromatic N) is 2. The fraction of sp³-hybridized carbons (Fsp3) is 0. The number of aromatic amines is 2. The van der Waals surface area contributed by atoms with E-state index in [9.17, 15) is 0 Å². The van der Waals surface area contributed by atoms with E-state index in [-0.39, 0.29) is 13.9 Å². The summed E-state index contributed by atoms with van der Waals surface area (Å²) in [6.45, 7) is 0. The van der Waals surface area contributed by atoms with E-state index < -0.39 is 0 Å². The Balaban J connectivity index is 0.000000144. The van der Waals surface area contributed by atoms with Gasteiger partial charge in [0.25, 0.3) is 0 Å². The number of fused-ring (bicyclic) bond motifs is 8. The molecule has 0 atom stereocenters. The van der Waals surface area contributed by atoms with Crippen LogP contribution >= 0.6 is 0 Å². The number of H-pyrrole nitrogens is 2. The summed E-state index contributed by atoms with van der Waals surface area (Å²) in [6, 6.07) is 48.5. The zero-order valence-corrected chi connectivity index (χ0v) is 24.2. The molecular formula is C38H29CuN4. The summed E-state index contributed by atoms with van der Waals surface area (Å²) in [5, 5.41) is 0. The molecule has 0 radical (unpaired) electrons. The van der Waals surface area contributed by atoms with Crippen molar-refractivity contribution in [3.63, 3.8) is 0 Å². The van der Waals surface area contributed by atoms with Crippen molar-refractivity contribution >= 4 is 59.8 Å². The Morgan fingerprint density at radius 1 is 0.349 bits per heavy atom. The van der Waals surface area contributed by atoms with Crippen LogP contribution in [0.1, 0.15) is 22.8 Å². The SMILES string of the molecule is C1=Cc2cc3ccc(cc4nc(cc5ccc(cc1n2)[nH]5)C=C4)[nH]3.c1cc[c]([Cu]([c]2ccccc2)[c]2ccccc2)cc1. The molecule has 0 saturated heterocycles. The van der Waals surface area contributed by atoms with Crippen LogP contribution in [-0.2, 0) is 13.9 Å². The van der Waals surface area contributed by atoms with E-state index in [0.717, 1.165) is 44.8 Å². The van der Waals surface area contributed by atoms with Gasteiger partial charge in [0.05, 0.1) is 22.8 Å². The monoisotopic (exact) mass is 604 g/mol. The van der Waals surface area contributed by atoms with Gasteiger partial charge in [0.2, 0.25) is 0 Å². The molecule has 5 heteroatoms.